The lowest BCUT2D eigenvalue weighted by Crippen LogP contribution is -2.06. The molecule has 0 atom stereocenters. The zero-order chi connectivity index (χ0) is 11.8. The molecule has 0 bridgehead atoms. The minimum atomic E-state index is 0.766. The highest BCUT2D eigenvalue weighted by Crippen LogP contribution is 2.18. The van der Waals surface area contributed by atoms with Gasteiger partial charge in [-0.1, -0.05) is 21.6 Å². The van der Waals surface area contributed by atoms with Crippen LogP contribution >= 0.6 is 33.3 Å². The van der Waals surface area contributed by atoms with Crippen molar-refractivity contribution in [2.75, 3.05) is 49.2 Å². The molecule has 0 aliphatic rings. The highest BCUT2D eigenvalue weighted by atomic mass is 33.1. The molecule has 7 heteroatoms. The summed E-state index contributed by atoms with van der Waals surface area (Å²) in [7, 11) is 3.58. The molecule has 0 fully saturated rings. The zero-order valence-corrected chi connectivity index (χ0v) is 11.6. The van der Waals surface area contributed by atoms with Gasteiger partial charge in [0, 0.05) is 49.2 Å². The molecular weight excluding hydrogens is 248 g/mol. The maximum absolute atomic E-state index is 5.25. The lowest BCUT2D eigenvalue weighted by molar-refractivity contribution is 1.12. The molecule has 0 spiro atoms. The van der Waals surface area contributed by atoms with Crippen molar-refractivity contribution in [3.8, 4) is 0 Å². The molecule has 0 unspecified atom stereocenters. The molecule has 0 amide bonds. The minimum absolute atomic E-state index is 0.766. The van der Waals surface area contributed by atoms with Crippen molar-refractivity contribution in [3.63, 3.8) is 0 Å². The molecule has 0 aliphatic carbocycles. The molecule has 0 aromatic carbocycles. The molecular formula is C8H24N4S3. The standard InChI is InChI=1S/C4H12N2S2.C4H12N2S/c5-1-3-7-8-4-2-6;5-1-3-7-4-2-6/h1-6H2;1-6H2. The predicted molar refractivity (Wildman–Crippen MR) is 78.5 cm³/mol. The van der Waals surface area contributed by atoms with Crippen molar-refractivity contribution >= 4 is 33.3 Å². The van der Waals surface area contributed by atoms with Crippen molar-refractivity contribution in [2.45, 2.75) is 0 Å². The Labute approximate surface area is 105 Å². The third kappa shape index (κ3) is 25.3. The van der Waals surface area contributed by atoms with Crippen LogP contribution in [0.4, 0.5) is 0 Å². The van der Waals surface area contributed by atoms with Crippen molar-refractivity contribution in [2.24, 2.45) is 22.9 Å². The van der Waals surface area contributed by atoms with E-state index in [9.17, 15) is 0 Å². The van der Waals surface area contributed by atoms with Crippen molar-refractivity contribution in [1.29, 1.82) is 0 Å². The molecule has 0 radical (unpaired) electrons. The molecule has 8 N–H and O–H groups in total. The lowest BCUT2D eigenvalue weighted by Gasteiger charge is -1.93. The number of nitrogens with two attached hydrogens (primary N) is 4. The third-order valence-corrected chi connectivity index (χ3v) is 4.53. The molecule has 0 aromatic rings. The van der Waals surface area contributed by atoms with Gasteiger partial charge in [-0.05, 0) is 0 Å². The van der Waals surface area contributed by atoms with Crippen molar-refractivity contribution < 1.29 is 0 Å². The summed E-state index contributed by atoms with van der Waals surface area (Å²) < 4.78 is 0. The first-order valence-corrected chi connectivity index (χ1v) is 8.60. The maximum atomic E-state index is 5.25. The van der Waals surface area contributed by atoms with Crippen LogP contribution in [0.5, 0.6) is 0 Å². The van der Waals surface area contributed by atoms with Gasteiger partial charge in [0.1, 0.15) is 0 Å². The van der Waals surface area contributed by atoms with Gasteiger partial charge in [-0.25, -0.2) is 0 Å². The van der Waals surface area contributed by atoms with E-state index in [1.165, 1.54) is 0 Å². The fourth-order valence-corrected chi connectivity index (χ4v) is 2.73. The number of thioether (sulfide) groups is 1. The van der Waals surface area contributed by atoms with Crippen LogP contribution in [0.3, 0.4) is 0 Å². The van der Waals surface area contributed by atoms with E-state index in [1.54, 1.807) is 33.3 Å². The van der Waals surface area contributed by atoms with Gasteiger partial charge >= 0.3 is 0 Å². The molecule has 0 heterocycles. The summed E-state index contributed by atoms with van der Waals surface area (Å²) in [5.74, 6) is 4.14. The van der Waals surface area contributed by atoms with E-state index in [2.05, 4.69) is 0 Å². The second-order valence-corrected chi connectivity index (χ2v) is 6.34. The summed E-state index contributed by atoms with van der Waals surface area (Å²) in [4.78, 5) is 0. The normalized spacial score (nSPS) is 9.60. The van der Waals surface area contributed by atoms with Crippen molar-refractivity contribution in [3.05, 3.63) is 0 Å². The Kier molecular flexibility index (Phi) is 24.7. The van der Waals surface area contributed by atoms with Crippen LogP contribution in [0.15, 0.2) is 0 Å². The Hall–Kier alpha value is 0.890. The highest BCUT2D eigenvalue weighted by Gasteiger charge is 1.84. The van der Waals surface area contributed by atoms with E-state index in [0.717, 1.165) is 49.2 Å². The van der Waals surface area contributed by atoms with Gasteiger partial charge in [-0.2, -0.15) is 11.8 Å². The summed E-state index contributed by atoms with van der Waals surface area (Å²) in [5, 5.41) is 0. The average Bonchev–Trinajstić information content (AvgIpc) is 2.26. The van der Waals surface area contributed by atoms with E-state index in [-0.39, 0.29) is 0 Å². The summed E-state index contributed by atoms with van der Waals surface area (Å²) in [6.45, 7) is 3.07. The number of hydrogen-bond donors (Lipinski definition) is 4. The fraction of sp³-hybridized carbons (Fsp3) is 1.00. The van der Waals surface area contributed by atoms with Gasteiger partial charge < -0.3 is 22.9 Å². The molecule has 0 saturated heterocycles. The first kappa shape index (κ1) is 18.3. The van der Waals surface area contributed by atoms with Crippen LogP contribution < -0.4 is 22.9 Å². The topological polar surface area (TPSA) is 104 Å². The van der Waals surface area contributed by atoms with E-state index < -0.39 is 0 Å². The maximum Gasteiger partial charge on any atom is 0.0160 e. The molecule has 0 aromatic heterocycles. The highest BCUT2D eigenvalue weighted by molar-refractivity contribution is 8.76. The first-order valence-electron chi connectivity index (χ1n) is 4.95. The zero-order valence-electron chi connectivity index (χ0n) is 9.19. The lowest BCUT2D eigenvalue weighted by atomic mass is 10.8. The van der Waals surface area contributed by atoms with Crippen molar-refractivity contribution in [1.82, 2.24) is 0 Å². The third-order valence-electron chi connectivity index (χ3n) is 1.01. The Morgan fingerprint density at radius 3 is 1.13 bits per heavy atom. The van der Waals surface area contributed by atoms with Crippen LogP contribution in [0.25, 0.3) is 0 Å². The van der Waals surface area contributed by atoms with E-state index in [1.807, 2.05) is 0 Å². The molecule has 94 valence electrons. The molecule has 15 heavy (non-hydrogen) atoms. The van der Waals surface area contributed by atoms with E-state index >= 15 is 0 Å². The van der Waals surface area contributed by atoms with Crippen LogP contribution in [0, 0.1) is 0 Å². The summed E-state index contributed by atoms with van der Waals surface area (Å²) in [6.07, 6.45) is 0. The van der Waals surface area contributed by atoms with Crippen LogP contribution in [0.1, 0.15) is 0 Å². The fourth-order valence-electron chi connectivity index (χ4n) is 0.483. The summed E-state index contributed by atoms with van der Waals surface area (Å²) >= 11 is 1.80. The quantitative estimate of drug-likeness (QED) is 0.344. The first-order chi connectivity index (χ1) is 7.33. The van der Waals surface area contributed by atoms with Gasteiger partial charge in [-0.15, -0.1) is 0 Å². The second kappa shape index (κ2) is 20.3. The Morgan fingerprint density at radius 2 is 0.867 bits per heavy atom. The summed E-state index contributed by atoms with van der Waals surface area (Å²) in [5.41, 5.74) is 20.9. The minimum Gasteiger partial charge on any atom is -0.330 e. The van der Waals surface area contributed by atoms with Crippen LogP contribution in [-0.2, 0) is 0 Å². The second-order valence-electron chi connectivity index (χ2n) is 2.41. The molecule has 0 rings (SSSR count). The number of hydrogen-bond acceptors (Lipinski definition) is 7. The van der Waals surface area contributed by atoms with Crippen LogP contribution in [-0.4, -0.2) is 49.2 Å². The SMILES string of the molecule is NCCSCCN.NCCSSCCN. The molecule has 0 aliphatic heterocycles. The van der Waals surface area contributed by atoms with Gasteiger partial charge in [0.2, 0.25) is 0 Å². The molecule has 4 nitrogen and oxygen atoms in total. The monoisotopic (exact) mass is 272 g/mol. The number of rotatable bonds is 9. The van der Waals surface area contributed by atoms with E-state index in [4.69, 9.17) is 22.9 Å². The van der Waals surface area contributed by atoms with Crippen LogP contribution in [0.2, 0.25) is 0 Å². The largest absolute Gasteiger partial charge is 0.330 e. The molecule has 0 saturated carbocycles. The smallest absolute Gasteiger partial charge is 0.0160 e. The van der Waals surface area contributed by atoms with E-state index in [0.29, 0.717) is 0 Å². The Morgan fingerprint density at radius 1 is 0.533 bits per heavy atom. The average molecular weight is 273 g/mol. The Balaban J connectivity index is 0. The summed E-state index contributed by atoms with van der Waals surface area (Å²) in [6, 6.07) is 0. The van der Waals surface area contributed by atoms with Gasteiger partial charge in [0.05, 0.1) is 0 Å². The van der Waals surface area contributed by atoms with Gasteiger partial charge in [-0.3, -0.25) is 0 Å². The Bertz CT molecular complexity index is 88.0. The van der Waals surface area contributed by atoms with Gasteiger partial charge in [0.15, 0.2) is 0 Å². The van der Waals surface area contributed by atoms with Gasteiger partial charge in [0.25, 0.3) is 0 Å². The predicted octanol–water partition coefficient (Wildman–Crippen LogP) is -0.0778.